The van der Waals surface area contributed by atoms with Crippen LogP contribution in [0.5, 0.6) is 5.75 Å². The molecule has 0 aliphatic heterocycles. The highest BCUT2D eigenvalue weighted by atomic mass is 32.2. The van der Waals surface area contributed by atoms with Crippen molar-refractivity contribution in [1.29, 1.82) is 0 Å². The first-order valence-electron chi connectivity index (χ1n) is 8.25. The van der Waals surface area contributed by atoms with Gasteiger partial charge in [0.25, 0.3) is 5.89 Å². The van der Waals surface area contributed by atoms with Crippen LogP contribution >= 0.6 is 0 Å². The Kier molecular flexibility index (Phi) is 5.74. The monoisotopic (exact) mass is 402 g/mol. The minimum absolute atomic E-state index is 0.0860. The summed E-state index contributed by atoms with van der Waals surface area (Å²) >= 11 is 0. The molecule has 0 fully saturated rings. The number of methoxy groups -OCH3 is 1. The SMILES string of the molecule is COc1cccc(-c2noc(COC(=O)c3ccc(CS(C)(=O)=O)cc3)n2)c1. The molecule has 0 aliphatic rings. The number of esters is 1. The lowest BCUT2D eigenvalue weighted by molar-refractivity contribution is 0.0430. The van der Waals surface area contributed by atoms with Crippen molar-refractivity contribution in [2.24, 2.45) is 0 Å². The van der Waals surface area contributed by atoms with E-state index < -0.39 is 15.8 Å². The number of sulfone groups is 1. The molecule has 0 saturated heterocycles. The zero-order valence-corrected chi connectivity index (χ0v) is 16.1. The number of aromatic nitrogens is 2. The Morgan fingerprint density at radius 3 is 2.57 bits per heavy atom. The normalized spacial score (nSPS) is 11.2. The lowest BCUT2D eigenvalue weighted by atomic mass is 10.1. The van der Waals surface area contributed by atoms with Crippen LogP contribution in [0, 0.1) is 0 Å². The van der Waals surface area contributed by atoms with Gasteiger partial charge < -0.3 is 14.0 Å². The first kappa shape index (κ1) is 19.6. The predicted molar refractivity (Wildman–Crippen MR) is 100 cm³/mol. The number of ether oxygens (including phenoxy) is 2. The fourth-order valence-corrected chi connectivity index (χ4v) is 3.24. The van der Waals surface area contributed by atoms with E-state index in [0.717, 1.165) is 6.26 Å². The maximum Gasteiger partial charge on any atom is 0.338 e. The van der Waals surface area contributed by atoms with Gasteiger partial charge in [0.1, 0.15) is 5.75 Å². The molecular formula is C19H18N2O6S. The molecule has 0 atom stereocenters. The molecule has 0 radical (unpaired) electrons. The zero-order chi connectivity index (χ0) is 20.1. The molecule has 0 unspecified atom stereocenters. The number of hydrogen-bond acceptors (Lipinski definition) is 8. The van der Waals surface area contributed by atoms with Crippen molar-refractivity contribution in [1.82, 2.24) is 10.1 Å². The van der Waals surface area contributed by atoms with Gasteiger partial charge in [-0.05, 0) is 29.8 Å². The van der Waals surface area contributed by atoms with Crippen LogP contribution in [-0.4, -0.2) is 37.9 Å². The zero-order valence-electron chi connectivity index (χ0n) is 15.3. The maximum atomic E-state index is 12.1. The second-order valence-electron chi connectivity index (χ2n) is 6.09. The minimum atomic E-state index is -3.13. The molecule has 0 saturated carbocycles. The Bertz CT molecular complexity index is 1070. The number of carbonyl (C=O) groups excluding carboxylic acids is 1. The van der Waals surface area contributed by atoms with Gasteiger partial charge in [-0.1, -0.05) is 29.4 Å². The van der Waals surface area contributed by atoms with Crippen LogP contribution in [0.15, 0.2) is 53.1 Å². The summed E-state index contributed by atoms with van der Waals surface area (Å²) in [5.74, 6) is 0.508. The first-order chi connectivity index (χ1) is 13.3. The van der Waals surface area contributed by atoms with Gasteiger partial charge in [-0.25, -0.2) is 13.2 Å². The van der Waals surface area contributed by atoms with Crippen LogP contribution in [0.4, 0.5) is 0 Å². The molecule has 2 aromatic carbocycles. The number of hydrogen-bond donors (Lipinski definition) is 0. The summed E-state index contributed by atoms with van der Waals surface area (Å²) in [5.41, 5.74) is 1.60. The van der Waals surface area contributed by atoms with Gasteiger partial charge in [-0.2, -0.15) is 4.98 Å². The van der Waals surface area contributed by atoms with Crippen molar-refractivity contribution in [2.75, 3.05) is 13.4 Å². The van der Waals surface area contributed by atoms with Crippen molar-refractivity contribution < 1.29 is 27.2 Å². The molecular weight excluding hydrogens is 384 g/mol. The molecule has 0 N–H and O–H groups in total. The summed E-state index contributed by atoms with van der Waals surface area (Å²) in [6.07, 6.45) is 1.15. The molecule has 8 nitrogen and oxygen atoms in total. The quantitative estimate of drug-likeness (QED) is 0.555. The van der Waals surface area contributed by atoms with Gasteiger partial charge in [0.05, 0.1) is 18.4 Å². The molecule has 3 rings (SSSR count). The largest absolute Gasteiger partial charge is 0.497 e. The fraction of sp³-hybridized carbons (Fsp3) is 0.211. The van der Waals surface area contributed by atoms with Crippen molar-refractivity contribution in [3.05, 3.63) is 65.5 Å². The topological polar surface area (TPSA) is 109 Å². The third kappa shape index (κ3) is 5.17. The van der Waals surface area contributed by atoms with E-state index in [1.165, 1.54) is 12.1 Å². The maximum absolute atomic E-state index is 12.1. The summed E-state index contributed by atoms with van der Waals surface area (Å²) in [6, 6.07) is 13.3. The van der Waals surface area contributed by atoms with Gasteiger partial charge in [0.2, 0.25) is 5.82 Å². The summed E-state index contributed by atoms with van der Waals surface area (Å²) in [7, 11) is -1.57. The molecule has 1 aromatic heterocycles. The molecule has 0 amide bonds. The van der Waals surface area contributed by atoms with Crippen LogP contribution in [0.3, 0.4) is 0 Å². The van der Waals surface area contributed by atoms with E-state index in [1.54, 1.807) is 43.5 Å². The second-order valence-corrected chi connectivity index (χ2v) is 8.23. The third-order valence-corrected chi connectivity index (χ3v) is 4.60. The lowest BCUT2D eigenvalue weighted by Crippen LogP contribution is -2.06. The van der Waals surface area contributed by atoms with E-state index in [1.807, 2.05) is 0 Å². The highest BCUT2D eigenvalue weighted by Crippen LogP contribution is 2.21. The van der Waals surface area contributed by atoms with Crippen molar-refractivity contribution in [3.63, 3.8) is 0 Å². The summed E-state index contributed by atoms with van der Waals surface area (Å²) in [5, 5.41) is 3.87. The second kappa shape index (κ2) is 8.22. The Morgan fingerprint density at radius 2 is 1.89 bits per heavy atom. The average molecular weight is 402 g/mol. The Morgan fingerprint density at radius 1 is 1.14 bits per heavy atom. The smallest absolute Gasteiger partial charge is 0.338 e. The number of benzene rings is 2. The van der Waals surface area contributed by atoms with Crippen LogP contribution in [0.2, 0.25) is 0 Å². The number of carbonyl (C=O) groups is 1. The predicted octanol–water partition coefficient (Wildman–Crippen LogP) is 2.65. The molecule has 146 valence electrons. The summed E-state index contributed by atoms with van der Waals surface area (Å²) in [4.78, 5) is 16.3. The van der Waals surface area contributed by atoms with Crippen molar-refractivity contribution in [2.45, 2.75) is 12.4 Å². The average Bonchev–Trinajstić information content (AvgIpc) is 3.14. The molecule has 1 heterocycles. The van der Waals surface area contributed by atoms with Gasteiger partial charge >= 0.3 is 5.97 Å². The number of rotatable bonds is 7. The molecule has 0 aliphatic carbocycles. The highest BCUT2D eigenvalue weighted by molar-refractivity contribution is 7.89. The van der Waals surface area contributed by atoms with E-state index in [2.05, 4.69) is 10.1 Å². The van der Waals surface area contributed by atoms with Crippen molar-refractivity contribution in [3.8, 4) is 17.1 Å². The third-order valence-electron chi connectivity index (χ3n) is 3.74. The van der Waals surface area contributed by atoms with Gasteiger partial charge in [0.15, 0.2) is 16.4 Å². The molecule has 0 spiro atoms. The molecule has 0 bridgehead atoms. The minimum Gasteiger partial charge on any atom is -0.497 e. The summed E-state index contributed by atoms with van der Waals surface area (Å²) < 4.78 is 38.0. The van der Waals surface area contributed by atoms with Crippen LogP contribution in [0.1, 0.15) is 21.8 Å². The van der Waals surface area contributed by atoms with Crippen LogP contribution in [-0.2, 0) is 26.9 Å². The highest BCUT2D eigenvalue weighted by Gasteiger charge is 2.13. The van der Waals surface area contributed by atoms with Crippen LogP contribution in [0.25, 0.3) is 11.4 Å². The van der Waals surface area contributed by atoms with E-state index in [4.69, 9.17) is 14.0 Å². The Labute approximate surface area is 162 Å². The first-order valence-corrected chi connectivity index (χ1v) is 10.3. The van der Waals surface area contributed by atoms with Gasteiger partial charge in [-0.3, -0.25) is 0 Å². The standard InChI is InChI=1S/C19H18N2O6S/c1-25-16-5-3-4-15(10-16)18-20-17(27-21-18)11-26-19(22)14-8-6-13(7-9-14)12-28(2,23)24/h3-10H,11-12H2,1-2H3. The van der Waals surface area contributed by atoms with E-state index in [0.29, 0.717) is 28.3 Å². The van der Waals surface area contributed by atoms with Gasteiger partial charge in [-0.15, -0.1) is 0 Å². The molecule has 28 heavy (non-hydrogen) atoms. The van der Waals surface area contributed by atoms with E-state index in [9.17, 15) is 13.2 Å². The van der Waals surface area contributed by atoms with Crippen molar-refractivity contribution >= 4 is 15.8 Å². The Hall–Kier alpha value is -3.20. The Balaban J connectivity index is 1.61. The molecule has 9 heteroatoms. The lowest BCUT2D eigenvalue weighted by Gasteiger charge is -2.03. The van der Waals surface area contributed by atoms with Gasteiger partial charge in [0, 0.05) is 11.8 Å². The van der Waals surface area contributed by atoms with E-state index in [-0.39, 0.29) is 18.3 Å². The summed E-state index contributed by atoms with van der Waals surface area (Å²) in [6.45, 7) is -0.180. The van der Waals surface area contributed by atoms with Crippen LogP contribution < -0.4 is 4.74 Å². The number of nitrogens with zero attached hydrogens (tertiary/aromatic N) is 2. The fourth-order valence-electron chi connectivity index (χ4n) is 2.44. The van der Waals surface area contributed by atoms with E-state index >= 15 is 0 Å². The molecule has 3 aromatic rings.